The van der Waals surface area contributed by atoms with Crippen molar-refractivity contribution in [1.29, 1.82) is 0 Å². The molecule has 0 aromatic heterocycles. The van der Waals surface area contributed by atoms with Gasteiger partial charge >= 0.3 is 0 Å². The van der Waals surface area contributed by atoms with E-state index >= 15 is 0 Å². The maximum absolute atomic E-state index is 12.7. The van der Waals surface area contributed by atoms with Gasteiger partial charge in [0.2, 0.25) is 5.91 Å². The van der Waals surface area contributed by atoms with E-state index in [0.717, 1.165) is 64.2 Å². The van der Waals surface area contributed by atoms with Gasteiger partial charge in [0.1, 0.15) is 13.2 Å². The number of hydrogen-bond acceptors (Lipinski definition) is 6. The second kappa shape index (κ2) is 31.7. The molecule has 1 amide bonds. The summed E-state index contributed by atoms with van der Waals surface area (Å²) in [5.74, 6) is -0.221. The average Bonchev–Trinajstić information content (AvgIpc) is 3.02. The molecule has 0 fully saturated rings. The summed E-state index contributed by atoms with van der Waals surface area (Å²) in [6.07, 6.45) is 36.2. The van der Waals surface area contributed by atoms with E-state index in [-0.39, 0.29) is 12.5 Å². The van der Waals surface area contributed by atoms with Crippen molar-refractivity contribution in [2.24, 2.45) is 0 Å². The number of allylic oxidation sites excluding steroid dienone is 5. The lowest BCUT2D eigenvalue weighted by Gasteiger charge is -2.29. The van der Waals surface area contributed by atoms with Gasteiger partial charge < -0.3 is 28.8 Å². The number of nitrogens with one attached hydrogen (secondary N) is 1. The second-order valence-corrected chi connectivity index (χ2v) is 15.7. The summed E-state index contributed by atoms with van der Waals surface area (Å²) in [7, 11) is 1.23. The van der Waals surface area contributed by atoms with E-state index in [4.69, 9.17) is 9.05 Å². The molecule has 9 heteroatoms. The Bertz CT molecular complexity index is 886. The van der Waals surface area contributed by atoms with Crippen LogP contribution >= 0.6 is 7.82 Å². The van der Waals surface area contributed by atoms with Crippen molar-refractivity contribution in [3.05, 3.63) is 36.5 Å². The SMILES string of the molecule is CCCC/C=C\CCCCCCCC(=O)NC(COP(=O)([O-])OCC[N+](C)(C)C)C(O)/C=C/CC/C=C/CCCCCCCCCCC. The van der Waals surface area contributed by atoms with Gasteiger partial charge in [-0.15, -0.1) is 0 Å². The highest BCUT2D eigenvalue weighted by molar-refractivity contribution is 7.45. The molecule has 0 heterocycles. The van der Waals surface area contributed by atoms with Gasteiger partial charge in [0.25, 0.3) is 7.82 Å². The molecule has 0 aliphatic carbocycles. The molecule has 2 N–H and O–H groups in total. The fraction of sp³-hybridized carbons (Fsp3) is 0.821. The number of aliphatic hydroxyl groups is 1. The first-order chi connectivity index (χ1) is 23.0. The number of quaternary nitrogens is 1. The van der Waals surface area contributed by atoms with E-state index in [1.54, 1.807) is 6.08 Å². The maximum Gasteiger partial charge on any atom is 0.268 e. The highest BCUT2D eigenvalue weighted by Gasteiger charge is 2.23. The Hall–Kier alpha value is -1.28. The van der Waals surface area contributed by atoms with Crippen LogP contribution in [0.25, 0.3) is 0 Å². The number of rotatable bonds is 34. The number of nitrogens with zero attached hydrogens (tertiary/aromatic N) is 1. The minimum atomic E-state index is -4.59. The molecule has 0 radical (unpaired) electrons. The van der Waals surface area contributed by atoms with E-state index in [1.807, 2.05) is 27.2 Å². The number of aliphatic hydroxyl groups excluding tert-OH is 1. The van der Waals surface area contributed by atoms with Crippen LogP contribution in [0.15, 0.2) is 36.5 Å². The zero-order valence-corrected chi connectivity index (χ0v) is 32.6. The summed E-state index contributed by atoms with van der Waals surface area (Å²) in [6.45, 7) is 4.54. The summed E-state index contributed by atoms with van der Waals surface area (Å²) in [5.41, 5.74) is 0. The van der Waals surface area contributed by atoms with Crippen LogP contribution in [0.1, 0.15) is 155 Å². The van der Waals surface area contributed by atoms with Crippen molar-refractivity contribution in [3.63, 3.8) is 0 Å². The van der Waals surface area contributed by atoms with Crippen LogP contribution in [0.2, 0.25) is 0 Å². The van der Waals surface area contributed by atoms with Gasteiger partial charge in [-0.05, 0) is 51.4 Å². The Morgan fingerprint density at radius 1 is 0.708 bits per heavy atom. The van der Waals surface area contributed by atoms with Gasteiger partial charge in [0, 0.05) is 6.42 Å². The minimum Gasteiger partial charge on any atom is -0.756 e. The number of hydrogen-bond donors (Lipinski definition) is 2. The number of phosphoric acid groups is 1. The van der Waals surface area contributed by atoms with E-state index in [0.29, 0.717) is 17.4 Å². The molecule has 8 nitrogen and oxygen atoms in total. The van der Waals surface area contributed by atoms with Crippen LogP contribution in [0.5, 0.6) is 0 Å². The van der Waals surface area contributed by atoms with E-state index < -0.39 is 26.6 Å². The summed E-state index contributed by atoms with van der Waals surface area (Å²) in [6, 6.07) is -0.903. The lowest BCUT2D eigenvalue weighted by atomic mass is 10.1. The van der Waals surface area contributed by atoms with E-state index in [2.05, 4.69) is 43.5 Å². The first kappa shape index (κ1) is 46.7. The minimum absolute atomic E-state index is 0.00839. The summed E-state index contributed by atoms with van der Waals surface area (Å²) in [4.78, 5) is 25.1. The zero-order chi connectivity index (χ0) is 35.8. The van der Waals surface area contributed by atoms with Crippen molar-refractivity contribution in [1.82, 2.24) is 5.32 Å². The fourth-order valence-corrected chi connectivity index (χ4v) is 5.87. The van der Waals surface area contributed by atoms with Gasteiger partial charge in [-0.2, -0.15) is 0 Å². The van der Waals surface area contributed by atoms with E-state index in [9.17, 15) is 19.4 Å². The molecule has 48 heavy (non-hydrogen) atoms. The number of phosphoric ester groups is 1. The highest BCUT2D eigenvalue weighted by atomic mass is 31.2. The molecule has 282 valence electrons. The second-order valence-electron chi connectivity index (χ2n) is 14.3. The monoisotopic (exact) mass is 699 g/mol. The quantitative estimate of drug-likeness (QED) is 0.0300. The molecule has 0 aliphatic rings. The van der Waals surface area contributed by atoms with Crippen LogP contribution in [0.4, 0.5) is 0 Å². The topological polar surface area (TPSA) is 108 Å². The number of unbranched alkanes of at least 4 members (excludes halogenated alkanes) is 17. The predicted octanol–water partition coefficient (Wildman–Crippen LogP) is 9.33. The van der Waals surface area contributed by atoms with Gasteiger partial charge in [0.05, 0.1) is 39.9 Å². The Morgan fingerprint density at radius 2 is 1.19 bits per heavy atom. The highest BCUT2D eigenvalue weighted by Crippen LogP contribution is 2.38. The van der Waals surface area contributed by atoms with Crippen molar-refractivity contribution >= 4 is 13.7 Å². The number of amides is 1. The third kappa shape index (κ3) is 33.2. The molecule has 0 aromatic rings. The first-order valence-electron chi connectivity index (χ1n) is 19.4. The van der Waals surface area contributed by atoms with Crippen LogP contribution < -0.4 is 10.2 Å². The van der Waals surface area contributed by atoms with Crippen LogP contribution in [0, 0.1) is 0 Å². The molecular formula is C39H75N2O6P. The van der Waals surface area contributed by atoms with Gasteiger partial charge in [-0.25, -0.2) is 0 Å². The average molecular weight is 699 g/mol. The Balaban J connectivity index is 4.60. The third-order valence-electron chi connectivity index (χ3n) is 8.32. The van der Waals surface area contributed by atoms with Crippen LogP contribution in [0.3, 0.4) is 0 Å². The van der Waals surface area contributed by atoms with Crippen LogP contribution in [-0.4, -0.2) is 68.5 Å². The Labute approximate surface area is 296 Å². The largest absolute Gasteiger partial charge is 0.756 e. The molecule has 0 aromatic carbocycles. The lowest BCUT2D eigenvalue weighted by Crippen LogP contribution is -2.45. The van der Waals surface area contributed by atoms with Crippen molar-refractivity contribution in [3.8, 4) is 0 Å². The summed E-state index contributed by atoms with van der Waals surface area (Å²) < 4.78 is 23.0. The number of likely N-dealkylation sites (N-methyl/N-ethyl adjacent to an activating group) is 1. The smallest absolute Gasteiger partial charge is 0.268 e. The van der Waals surface area contributed by atoms with Crippen molar-refractivity contribution in [2.75, 3.05) is 40.9 Å². The molecule has 0 saturated carbocycles. The molecular weight excluding hydrogens is 623 g/mol. The third-order valence-corrected chi connectivity index (χ3v) is 9.29. The number of carbonyl (C=O) groups excluding carboxylic acids is 1. The predicted molar refractivity (Wildman–Crippen MR) is 201 cm³/mol. The Kier molecular flexibility index (Phi) is 30.8. The molecule has 0 saturated heterocycles. The summed E-state index contributed by atoms with van der Waals surface area (Å²) >= 11 is 0. The fourth-order valence-electron chi connectivity index (χ4n) is 5.15. The Morgan fingerprint density at radius 3 is 1.75 bits per heavy atom. The van der Waals surface area contributed by atoms with Gasteiger partial charge in [-0.3, -0.25) is 9.36 Å². The lowest BCUT2D eigenvalue weighted by molar-refractivity contribution is -0.870. The van der Waals surface area contributed by atoms with E-state index in [1.165, 1.54) is 70.6 Å². The molecule has 3 atom stereocenters. The molecule has 0 aliphatic heterocycles. The van der Waals surface area contributed by atoms with Gasteiger partial charge in [-0.1, -0.05) is 134 Å². The number of carbonyl (C=O) groups is 1. The standard InChI is InChI=1S/C39H75N2O6P/c1-6-8-10-12-14-16-18-19-20-21-23-24-26-28-30-32-38(42)37(36-47-48(44,45)46-35-34-41(3,4)5)40-39(43)33-31-29-27-25-22-17-15-13-11-9-7-2/h13,15,23-24,30,32,37-38,42H,6-12,14,16-22,25-29,31,33-36H2,1-5H3,(H-,40,43,44,45)/b15-13-,24-23+,32-30+. The maximum atomic E-state index is 12.7. The van der Waals surface area contributed by atoms with Gasteiger partial charge in [0.15, 0.2) is 0 Å². The molecule has 0 rings (SSSR count). The summed E-state index contributed by atoms with van der Waals surface area (Å²) in [5, 5.41) is 13.7. The van der Waals surface area contributed by atoms with Crippen molar-refractivity contribution < 1.29 is 32.9 Å². The van der Waals surface area contributed by atoms with Crippen molar-refractivity contribution in [2.45, 2.75) is 167 Å². The molecule has 0 spiro atoms. The molecule has 0 bridgehead atoms. The zero-order valence-electron chi connectivity index (χ0n) is 31.7. The normalized spacial score (nSPS) is 15.1. The van der Waals surface area contributed by atoms with Crippen LogP contribution in [-0.2, 0) is 18.4 Å². The molecule has 3 unspecified atom stereocenters. The first-order valence-corrected chi connectivity index (χ1v) is 20.8.